The molecule has 0 aromatic heterocycles. The van der Waals surface area contributed by atoms with Crippen LogP contribution < -0.4 is 16.8 Å². The molecule has 18 heavy (non-hydrogen) atoms. The first kappa shape index (κ1) is 11.9. The van der Waals surface area contributed by atoms with E-state index in [1.807, 2.05) is 0 Å². The zero-order chi connectivity index (χ0) is 13.1. The number of nitrogen functional groups attached to an aromatic ring is 1. The van der Waals surface area contributed by atoms with Crippen LogP contribution in [0.5, 0.6) is 0 Å². The van der Waals surface area contributed by atoms with Gasteiger partial charge in [0.25, 0.3) is 0 Å². The predicted octanol–water partition coefficient (Wildman–Crippen LogP) is 2.25. The van der Waals surface area contributed by atoms with Crippen LogP contribution in [0.25, 0.3) is 0 Å². The van der Waals surface area contributed by atoms with Gasteiger partial charge in [0, 0.05) is 16.9 Å². The molecule has 2 aromatic rings. The van der Waals surface area contributed by atoms with Crippen LogP contribution in [-0.4, -0.2) is 5.91 Å². The highest BCUT2D eigenvalue weighted by Crippen LogP contribution is 2.21. The maximum atomic E-state index is 13.7. The number of hydrogen-bond acceptors (Lipinski definition) is 3. The summed E-state index contributed by atoms with van der Waals surface area (Å²) in [6.07, 6.45) is 0. The molecule has 2 aromatic carbocycles. The van der Waals surface area contributed by atoms with E-state index >= 15 is 0 Å². The van der Waals surface area contributed by atoms with Gasteiger partial charge in [0.2, 0.25) is 5.91 Å². The van der Waals surface area contributed by atoms with Crippen molar-refractivity contribution in [2.45, 2.75) is 0 Å². The maximum Gasteiger partial charge on any atom is 0.248 e. The van der Waals surface area contributed by atoms with Gasteiger partial charge in [0.1, 0.15) is 5.82 Å². The number of benzene rings is 2. The van der Waals surface area contributed by atoms with Crippen LogP contribution in [0.15, 0.2) is 42.5 Å². The van der Waals surface area contributed by atoms with Crippen molar-refractivity contribution in [3.63, 3.8) is 0 Å². The molecule has 0 aliphatic rings. The van der Waals surface area contributed by atoms with E-state index in [0.29, 0.717) is 11.4 Å². The third kappa shape index (κ3) is 2.57. The SMILES string of the molecule is NC(=O)c1ccc(Nc2ccc(N)cc2)c(F)c1. The first-order valence-electron chi connectivity index (χ1n) is 5.28. The van der Waals surface area contributed by atoms with Crippen molar-refractivity contribution < 1.29 is 9.18 Å². The summed E-state index contributed by atoms with van der Waals surface area (Å²) >= 11 is 0. The molecule has 0 unspecified atom stereocenters. The molecular formula is C13H12FN3O. The highest BCUT2D eigenvalue weighted by atomic mass is 19.1. The number of amides is 1. The van der Waals surface area contributed by atoms with E-state index in [1.54, 1.807) is 24.3 Å². The fourth-order valence-electron chi connectivity index (χ4n) is 1.49. The lowest BCUT2D eigenvalue weighted by Gasteiger charge is -2.08. The summed E-state index contributed by atoms with van der Waals surface area (Å²) in [5.41, 5.74) is 12.3. The van der Waals surface area contributed by atoms with Gasteiger partial charge in [0.05, 0.1) is 5.69 Å². The summed E-state index contributed by atoms with van der Waals surface area (Å²) in [6.45, 7) is 0. The second-order valence-electron chi connectivity index (χ2n) is 3.81. The Morgan fingerprint density at radius 2 is 1.78 bits per heavy atom. The van der Waals surface area contributed by atoms with E-state index in [9.17, 15) is 9.18 Å². The van der Waals surface area contributed by atoms with Crippen molar-refractivity contribution in [1.82, 2.24) is 0 Å². The fraction of sp³-hybridized carbons (Fsp3) is 0. The highest BCUT2D eigenvalue weighted by molar-refractivity contribution is 5.93. The van der Waals surface area contributed by atoms with Gasteiger partial charge in [-0.1, -0.05) is 0 Å². The van der Waals surface area contributed by atoms with Crippen molar-refractivity contribution in [2.75, 3.05) is 11.1 Å². The number of halogens is 1. The Morgan fingerprint density at radius 3 is 2.33 bits per heavy atom. The van der Waals surface area contributed by atoms with Gasteiger partial charge in [0.15, 0.2) is 0 Å². The second-order valence-corrected chi connectivity index (χ2v) is 3.81. The Morgan fingerprint density at radius 1 is 1.11 bits per heavy atom. The van der Waals surface area contributed by atoms with E-state index in [0.717, 1.165) is 6.07 Å². The van der Waals surface area contributed by atoms with E-state index in [4.69, 9.17) is 11.5 Å². The van der Waals surface area contributed by atoms with Crippen molar-refractivity contribution in [1.29, 1.82) is 0 Å². The molecule has 0 saturated heterocycles. The lowest BCUT2D eigenvalue weighted by Crippen LogP contribution is -2.11. The zero-order valence-corrected chi connectivity index (χ0v) is 9.48. The van der Waals surface area contributed by atoms with Crippen LogP contribution in [0.2, 0.25) is 0 Å². The van der Waals surface area contributed by atoms with Crippen molar-refractivity contribution in [3.8, 4) is 0 Å². The monoisotopic (exact) mass is 245 g/mol. The lowest BCUT2D eigenvalue weighted by molar-refractivity contribution is 0.1000. The third-order valence-corrected chi connectivity index (χ3v) is 2.44. The van der Waals surface area contributed by atoms with Crippen LogP contribution in [0.3, 0.4) is 0 Å². The molecule has 0 spiro atoms. The molecule has 1 amide bonds. The van der Waals surface area contributed by atoms with E-state index in [-0.39, 0.29) is 11.3 Å². The number of anilines is 3. The average Bonchev–Trinajstić information content (AvgIpc) is 2.34. The van der Waals surface area contributed by atoms with Crippen molar-refractivity contribution in [2.24, 2.45) is 5.73 Å². The molecule has 0 heterocycles. The smallest absolute Gasteiger partial charge is 0.248 e. The Kier molecular flexibility index (Phi) is 3.14. The van der Waals surface area contributed by atoms with E-state index in [2.05, 4.69) is 5.32 Å². The Labute approximate surface area is 103 Å². The summed E-state index contributed by atoms with van der Waals surface area (Å²) in [5, 5.41) is 2.88. The fourth-order valence-corrected chi connectivity index (χ4v) is 1.49. The molecule has 4 nitrogen and oxygen atoms in total. The van der Waals surface area contributed by atoms with Gasteiger partial charge in [-0.2, -0.15) is 0 Å². The molecular weight excluding hydrogens is 233 g/mol. The molecule has 0 aliphatic heterocycles. The normalized spacial score (nSPS) is 10.1. The van der Waals surface area contributed by atoms with Crippen molar-refractivity contribution in [3.05, 3.63) is 53.8 Å². The van der Waals surface area contributed by atoms with Gasteiger partial charge < -0.3 is 16.8 Å². The summed E-state index contributed by atoms with van der Waals surface area (Å²) in [7, 11) is 0. The van der Waals surface area contributed by atoms with Crippen LogP contribution in [0.1, 0.15) is 10.4 Å². The number of rotatable bonds is 3. The number of carbonyl (C=O) groups is 1. The van der Waals surface area contributed by atoms with Crippen LogP contribution in [-0.2, 0) is 0 Å². The molecule has 92 valence electrons. The molecule has 2 rings (SSSR count). The highest BCUT2D eigenvalue weighted by Gasteiger charge is 2.07. The number of nitrogens with two attached hydrogens (primary N) is 2. The zero-order valence-electron chi connectivity index (χ0n) is 9.48. The quantitative estimate of drug-likeness (QED) is 0.725. The number of nitrogens with one attached hydrogen (secondary N) is 1. The molecule has 5 heteroatoms. The topological polar surface area (TPSA) is 81.1 Å². The molecule has 0 aliphatic carbocycles. The van der Waals surface area contributed by atoms with Crippen molar-refractivity contribution >= 4 is 23.0 Å². The summed E-state index contributed by atoms with van der Waals surface area (Å²) < 4.78 is 13.7. The van der Waals surface area contributed by atoms with Crippen LogP contribution in [0, 0.1) is 5.82 Å². The standard InChI is InChI=1S/C13H12FN3O/c14-11-7-8(13(16)18)1-6-12(11)17-10-4-2-9(15)3-5-10/h1-7,17H,15H2,(H2,16,18). The summed E-state index contributed by atoms with van der Waals surface area (Å²) in [5.74, 6) is -1.20. The summed E-state index contributed by atoms with van der Waals surface area (Å²) in [6, 6.07) is 10.9. The van der Waals surface area contributed by atoms with Gasteiger partial charge in [-0.15, -0.1) is 0 Å². The maximum absolute atomic E-state index is 13.7. The number of carbonyl (C=O) groups excluding carboxylic acids is 1. The lowest BCUT2D eigenvalue weighted by atomic mass is 10.2. The molecule has 0 radical (unpaired) electrons. The first-order valence-corrected chi connectivity index (χ1v) is 5.28. The number of primary amides is 1. The Hall–Kier alpha value is -2.56. The average molecular weight is 245 g/mol. The van der Waals surface area contributed by atoms with E-state index < -0.39 is 11.7 Å². The Bertz CT molecular complexity index is 581. The summed E-state index contributed by atoms with van der Waals surface area (Å²) in [4.78, 5) is 10.9. The first-order chi connectivity index (χ1) is 8.56. The Balaban J connectivity index is 2.24. The molecule has 0 atom stereocenters. The molecule has 0 saturated carbocycles. The van der Waals surface area contributed by atoms with Crippen LogP contribution >= 0.6 is 0 Å². The van der Waals surface area contributed by atoms with Crippen LogP contribution in [0.4, 0.5) is 21.5 Å². The third-order valence-electron chi connectivity index (χ3n) is 2.44. The molecule has 0 fully saturated rings. The van der Waals surface area contributed by atoms with Gasteiger partial charge in [-0.05, 0) is 42.5 Å². The predicted molar refractivity (Wildman–Crippen MR) is 69.1 cm³/mol. The molecule has 0 bridgehead atoms. The number of hydrogen-bond donors (Lipinski definition) is 3. The van der Waals surface area contributed by atoms with Gasteiger partial charge >= 0.3 is 0 Å². The van der Waals surface area contributed by atoms with Gasteiger partial charge in [-0.25, -0.2) is 4.39 Å². The minimum atomic E-state index is -0.659. The van der Waals surface area contributed by atoms with Gasteiger partial charge in [-0.3, -0.25) is 4.79 Å². The minimum Gasteiger partial charge on any atom is -0.399 e. The minimum absolute atomic E-state index is 0.135. The second kappa shape index (κ2) is 4.75. The van der Waals surface area contributed by atoms with E-state index in [1.165, 1.54) is 12.1 Å². The largest absolute Gasteiger partial charge is 0.399 e. The molecule has 5 N–H and O–H groups in total.